The highest BCUT2D eigenvalue weighted by molar-refractivity contribution is 5.94. The van der Waals surface area contributed by atoms with E-state index in [1.54, 1.807) is 0 Å². The second kappa shape index (κ2) is 7.33. The van der Waals surface area contributed by atoms with Crippen molar-refractivity contribution in [3.8, 4) is 11.5 Å². The summed E-state index contributed by atoms with van der Waals surface area (Å²) in [5.41, 5.74) is 3.14. The van der Waals surface area contributed by atoms with E-state index in [2.05, 4.69) is 10.5 Å². The second-order valence-electron chi connectivity index (χ2n) is 6.29. The van der Waals surface area contributed by atoms with Crippen LogP contribution in [0.1, 0.15) is 11.3 Å². The molecule has 0 bridgehead atoms. The molecule has 5 heteroatoms. The van der Waals surface area contributed by atoms with Gasteiger partial charge in [0.2, 0.25) is 5.91 Å². The lowest BCUT2D eigenvalue weighted by Crippen LogP contribution is -2.14. The largest absolute Gasteiger partial charge is 0.457 e. The van der Waals surface area contributed by atoms with Gasteiger partial charge in [-0.15, -0.1) is 0 Å². The molecule has 1 aromatic heterocycles. The Hall–Kier alpha value is -3.60. The Morgan fingerprint density at radius 2 is 1.81 bits per heavy atom. The van der Waals surface area contributed by atoms with Gasteiger partial charge in [0.05, 0.1) is 6.42 Å². The van der Waals surface area contributed by atoms with E-state index in [1.807, 2.05) is 79.7 Å². The lowest BCUT2D eigenvalue weighted by atomic mass is 10.1. The highest BCUT2D eigenvalue weighted by Gasteiger charge is 2.12. The summed E-state index contributed by atoms with van der Waals surface area (Å²) in [6, 6.07) is 22.6. The minimum atomic E-state index is -0.151. The minimum Gasteiger partial charge on any atom is -0.457 e. The van der Waals surface area contributed by atoms with Gasteiger partial charge in [0.25, 0.3) is 0 Å². The molecule has 5 nitrogen and oxygen atoms in total. The Morgan fingerprint density at radius 1 is 1.00 bits per heavy atom. The van der Waals surface area contributed by atoms with E-state index in [-0.39, 0.29) is 12.3 Å². The lowest BCUT2D eigenvalue weighted by Gasteiger charge is -2.08. The van der Waals surface area contributed by atoms with Gasteiger partial charge < -0.3 is 14.6 Å². The van der Waals surface area contributed by atoms with E-state index in [0.717, 1.165) is 16.7 Å². The molecular formula is C22H18N2O3. The van der Waals surface area contributed by atoms with Crippen LogP contribution >= 0.6 is 0 Å². The van der Waals surface area contributed by atoms with Gasteiger partial charge in [-0.2, -0.15) is 0 Å². The zero-order valence-corrected chi connectivity index (χ0v) is 14.8. The van der Waals surface area contributed by atoms with Crippen molar-refractivity contribution in [3.63, 3.8) is 0 Å². The Bertz CT molecular complexity index is 1080. The molecule has 3 aromatic carbocycles. The van der Waals surface area contributed by atoms with Crippen LogP contribution in [0.2, 0.25) is 0 Å². The molecule has 0 atom stereocenters. The molecule has 0 unspecified atom stereocenters. The van der Waals surface area contributed by atoms with Crippen LogP contribution in [0.25, 0.3) is 11.0 Å². The van der Waals surface area contributed by atoms with E-state index >= 15 is 0 Å². The number of aromatic nitrogens is 1. The monoisotopic (exact) mass is 358 g/mol. The van der Waals surface area contributed by atoms with Crippen LogP contribution in [0.5, 0.6) is 11.5 Å². The summed E-state index contributed by atoms with van der Waals surface area (Å²) < 4.78 is 11.1. The normalized spacial score (nSPS) is 10.7. The van der Waals surface area contributed by atoms with Crippen molar-refractivity contribution in [1.29, 1.82) is 0 Å². The number of para-hydroxylation sites is 1. The van der Waals surface area contributed by atoms with Crippen molar-refractivity contribution in [1.82, 2.24) is 5.16 Å². The number of nitrogens with one attached hydrogen (secondary N) is 1. The van der Waals surface area contributed by atoms with Crippen LogP contribution in [0.3, 0.4) is 0 Å². The Kier molecular flexibility index (Phi) is 4.58. The molecule has 4 aromatic rings. The van der Waals surface area contributed by atoms with Crippen LogP contribution in [0, 0.1) is 6.92 Å². The first-order valence-electron chi connectivity index (χ1n) is 8.65. The molecule has 0 aliphatic rings. The average Bonchev–Trinajstić information content (AvgIpc) is 3.06. The number of ether oxygens (including phenoxy) is 1. The fourth-order valence-electron chi connectivity index (χ4n) is 2.84. The van der Waals surface area contributed by atoms with Gasteiger partial charge in [0.1, 0.15) is 17.2 Å². The summed E-state index contributed by atoms with van der Waals surface area (Å²) in [4.78, 5) is 12.3. The maximum atomic E-state index is 12.3. The first-order valence-corrected chi connectivity index (χ1v) is 8.65. The molecule has 0 fully saturated rings. The smallest absolute Gasteiger partial charge is 0.230 e. The predicted molar refractivity (Wildman–Crippen MR) is 104 cm³/mol. The summed E-state index contributed by atoms with van der Waals surface area (Å²) in [5, 5.41) is 7.71. The van der Waals surface area contributed by atoms with Crippen molar-refractivity contribution in [2.24, 2.45) is 0 Å². The molecule has 4 rings (SSSR count). The molecule has 1 N–H and O–H groups in total. The molecule has 27 heavy (non-hydrogen) atoms. The number of fused-ring (bicyclic) bond motifs is 1. The maximum absolute atomic E-state index is 12.3. The zero-order valence-electron chi connectivity index (χ0n) is 14.8. The Morgan fingerprint density at radius 3 is 2.63 bits per heavy atom. The van der Waals surface area contributed by atoms with Gasteiger partial charge in [0.15, 0.2) is 5.58 Å². The number of amides is 1. The number of rotatable bonds is 5. The summed E-state index contributed by atoms with van der Waals surface area (Å²) in [6.45, 7) is 2.02. The van der Waals surface area contributed by atoms with E-state index in [9.17, 15) is 4.79 Å². The molecule has 0 radical (unpaired) electrons. The first kappa shape index (κ1) is 16.8. The summed E-state index contributed by atoms with van der Waals surface area (Å²) in [7, 11) is 0. The molecular weight excluding hydrogens is 340 g/mol. The van der Waals surface area contributed by atoms with Crippen LogP contribution in [-0.2, 0) is 11.2 Å². The first-order chi connectivity index (χ1) is 13.2. The molecule has 0 aliphatic heterocycles. The molecule has 0 spiro atoms. The highest BCUT2D eigenvalue weighted by Crippen LogP contribution is 2.24. The van der Waals surface area contributed by atoms with Gasteiger partial charge in [-0.25, -0.2) is 0 Å². The van der Waals surface area contributed by atoms with E-state index < -0.39 is 0 Å². The van der Waals surface area contributed by atoms with Crippen molar-refractivity contribution in [2.75, 3.05) is 5.32 Å². The van der Waals surface area contributed by atoms with Crippen molar-refractivity contribution in [3.05, 3.63) is 84.1 Å². The highest BCUT2D eigenvalue weighted by atomic mass is 16.5. The SMILES string of the molecule is Cc1cccc(Oc2ccc(NC(=O)Cc3noc4ccccc34)cc2)c1. The number of hydrogen-bond donors (Lipinski definition) is 1. The lowest BCUT2D eigenvalue weighted by molar-refractivity contribution is -0.115. The summed E-state index contributed by atoms with van der Waals surface area (Å²) in [6.07, 6.45) is 0.151. The zero-order chi connectivity index (χ0) is 18.6. The molecule has 1 amide bonds. The van der Waals surface area contributed by atoms with E-state index in [4.69, 9.17) is 9.26 Å². The topological polar surface area (TPSA) is 64.4 Å². The third-order valence-corrected chi connectivity index (χ3v) is 4.14. The quantitative estimate of drug-likeness (QED) is 0.538. The molecule has 134 valence electrons. The second-order valence-corrected chi connectivity index (χ2v) is 6.29. The fourth-order valence-corrected chi connectivity index (χ4v) is 2.84. The Balaban J connectivity index is 1.40. The van der Waals surface area contributed by atoms with Crippen molar-refractivity contribution in [2.45, 2.75) is 13.3 Å². The average molecular weight is 358 g/mol. The number of aryl methyl sites for hydroxylation is 1. The summed E-state index contributed by atoms with van der Waals surface area (Å²) >= 11 is 0. The van der Waals surface area contributed by atoms with Crippen LogP contribution < -0.4 is 10.1 Å². The standard InChI is InChI=1S/C22H18N2O3/c1-15-5-4-6-18(13-15)26-17-11-9-16(10-12-17)23-22(25)14-20-19-7-2-3-8-21(19)27-24-20/h2-13H,14H2,1H3,(H,23,25). The van der Waals surface area contributed by atoms with Gasteiger partial charge >= 0.3 is 0 Å². The summed E-state index contributed by atoms with van der Waals surface area (Å²) in [5.74, 6) is 1.34. The van der Waals surface area contributed by atoms with E-state index in [0.29, 0.717) is 22.7 Å². The molecule has 0 saturated heterocycles. The third-order valence-electron chi connectivity index (χ3n) is 4.14. The number of nitrogens with zero attached hydrogens (tertiary/aromatic N) is 1. The van der Waals surface area contributed by atoms with Crippen molar-refractivity contribution >= 4 is 22.6 Å². The van der Waals surface area contributed by atoms with Crippen molar-refractivity contribution < 1.29 is 14.1 Å². The number of hydrogen-bond acceptors (Lipinski definition) is 4. The third kappa shape index (κ3) is 3.98. The van der Waals surface area contributed by atoms with Gasteiger partial charge in [-0.05, 0) is 61.0 Å². The van der Waals surface area contributed by atoms with Gasteiger partial charge in [0, 0.05) is 11.1 Å². The van der Waals surface area contributed by atoms with Crippen LogP contribution in [-0.4, -0.2) is 11.1 Å². The predicted octanol–water partition coefficient (Wildman–Crippen LogP) is 5.11. The number of anilines is 1. The fraction of sp³-hybridized carbons (Fsp3) is 0.0909. The number of carbonyl (C=O) groups is 1. The maximum Gasteiger partial charge on any atom is 0.230 e. The number of benzene rings is 3. The molecule has 0 aliphatic carbocycles. The van der Waals surface area contributed by atoms with Gasteiger partial charge in [-0.1, -0.05) is 29.4 Å². The minimum absolute atomic E-state index is 0.151. The molecule has 0 saturated carbocycles. The van der Waals surface area contributed by atoms with Crippen LogP contribution in [0.15, 0.2) is 77.3 Å². The van der Waals surface area contributed by atoms with Crippen LogP contribution in [0.4, 0.5) is 5.69 Å². The molecule has 1 heterocycles. The number of carbonyl (C=O) groups excluding carboxylic acids is 1. The van der Waals surface area contributed by atoms with Gasteiger partial charge in [-0.3, -0.25) is 4.79 Å². The Labute approximate surface area is 156 Å². The van der Waals surface area contributed by atoms with E-state index in [1.165, 1.54) is 0 Å².